The standard InChI is InChI=1S/C20H22Cl2FN5O3S/c1-32(30,31)13-2-3-15(14(23)10-13)25-16-6-9-28(20(16)29)12-4-7-27(8-5-12)19-18(22)26-17(21)11-24-19/h2-3,10-12,16,25H,4-9H2,1H3. The highest BCUT2D eigenvalue weighted by molar-refractivity contribution is 7.90. The van der Waals surface area contributed by atoms with E-state index in [1.807, 2.05) is 9.80 Å². The highest BCUT2D eigenvalue weighted by atomic mass is 35.5. The number of amides is 1. The molecule has 0 spiro atoms. The Morgan fingerprint density at radius 2 is 1.88 bits per heavy atom. The summed E-state index contributed by atoms with van der Waals surface area (Å²) in [6.45, 7) is 1.92. The van der Waals surface area contributed by atoms with Gasteiger partial charge in [0, 0.05) is 31.9 Å². The average Bonchev–Trinajstić information content (AvgIpc) is 3.09. The van der Waals surface area contributed by atoms with Crippen LogP contribution in [0.25, 0.3) is 0 Å². The molecule has 1 unspecified atom stereocenters. The lowest BCUT2D eigenvalue weighted by Gasteiger charge is -2.37. The van der Waals surface area contributed by atoms with Gasteiger partial charge in [-0.2, -0.15) is 0 Å². The second-order valence-electron chi connectivity index (χ2n) is 7.96. The van der Waals surface area contributed by atoms with Crippen LogP contribution in [0.4, 0.5) is 15.9 Å². The van der Waals surface area contributed by atoms with Crippen molar-refractivity contribution in [3.63, 3.8) is 0 Å². The number of nitrogens with one attached hydrogen (secondary N) is 1. The first-order chi connectivity index (χ1) is 15.1. The summed E-state index contributed by atoms with van der Waals surface area (Å²) in [7, 11) is -3.50. The molecule has 1 amide bonds. The van der Waals surface area contributed by atoms with Crippen molar-refractivity contribution in [2.75, 3.05) is 36.1 Å². The molecule has 1 atom stereocenters. The molecule has 2 aromatic rings. The number of hydrogen-bond acceptors (Lipinski definition) is 7. The highest BCUT2D eigenvalue weighted by Crippen LogP contribution is 2.29. The zero-order valence-corrected chi connectivity index (χ0v) is 19.6. The second-order valence-corrected chi connectivity index (χ2v) is 10.7. The molecular formula is C20H22Cl2FN5O3S. The number of carbonyl (C=O) groups is 1. The third-order valence-corrected chi connectivity index (χ3v) is 7.37. The van der Waals surface area contributed by atoms with Crippen molar-refractivity contribution in [1.82, 2.24) is 14.9 Å². The lowest BCUT2D eigenvalue weighted by molar-refractivity contribution is -0.130. The number of aromatic nitrogens is 2. The quantitative estimate of drug-likeness (QED) is 0.672. The molecule has 1 aromatic heterocycles. The lowest BCUT2D eigenvalue weighted by Crippen LogP contribution is -2.47. The molecule has 0 aliphatic carbocycles. The number of piperidine rings is 1. The molecule has 172 valence electrons. The lowest BCUT2D eigenvalue weighted by atomic mass is 10.0. The van der Waals surface area contributed by atoms with Gasteiger partial charge in [0.15, 0.2) is 20.8 Å². The molecule has 12 heteroatoms. The van der Waals surface area contributed by atoms with Crippen LogP contribution in [0.15, 0.2) is 29.3 Å². The maximum absolute atomic E-state index is 14.4. The van der Waals surface area contributed by atoms with E-state index >= 15 is 0 Å². The number of anilines is 2. The number of nitrogens with zero attached hydrogens (tertiary/aromatic N) is 4. The first kappa shape index (κ1) is 23.0. The average molecular weight is 502 g/mol. The molecule has 4 rings (SSSR count). The van der Waals surface area contributed by atoms with Crippen molar-refractivity contribution >= 4 is 50.5 Å². The number of sulfone groups is 1. The molecule has 2 fully saturated rings. The van der Waals surface area contributed by atoms with E-state index in [0.717, 1.165) is 25.2 Å². The van der Waals surface area contributed by atoms with Crippen molar-refractivity contribution < 1.29 is 17.6 Å². The van der Waals surface area contributed by atoms with Crippen LogP contribution in [0, 0.1) is 5.82 Å². The molecule has 32 heavy (non-hydrogen) atoms. The molecule has 0 bridgehead atoms. The fraction of sp³-hybridized carbons (Fsp3) is 0.450. The minimum atomic E-state index is -3.50. The van der Waals surface area contributed by atoms with E-state index in [1.165, 1.54) is 18.3 Å². The number of likely N-dealkylation sites (tertiary alicyclic amines) is 1. The Balaban J connectivity index is 1.37. The van der Waals surface area contributed by atoms with Gasteiger partial charge in [0.25, 0.3) is 0 Å². The van der Waals surface area contributed by atoms with Crippen molar-refractivity contribution in [2.24, 2.45) is 0 Å². The summed E-state index contributed by atoms with van der Waals surface area (Å²) in [5.41, 5.74) is 0.114. The van der Waals surface area contributed by atoms with Gasteiger partial charge in [0.2, 0.25) is 5.91 Å². The summed E-state index contributed by atoms with van der Waals surface area (Å²) in [5.74, 6) is -0.206. The van der Waals surface area contributed by atoms with Gasteiger partial charge in [-0.1, -0.05) is 23.2 Å². The maximum atomic E-state index is 14.4. The van der Waals surface area contributed by atoms with Gasteiger partial charge < -0.3 is 15.1 Å². The SMILES string of the molecule is CS(=O)(=O)c1ccc(NC2CCN(C3CCN(c4ncc(Cl)nc4Cl)CC3)C2=O)c(F)c1. The first-order valence-corrected chi connectivity index (χ1v) is 12.8. The Hall–Kier alpha value is -2.17. The third-order valence-electron chi connectivity index (χ3n) is 5.83. The monoisotopic (exact) mass is 501 g/mol. The first-order valence-electron chi connectivity index (χ1n) is 10.1. The van der Waals surface area contributed by atoms with Crippen LogP contribution in [0.5, 0.6) is 0 Å². The van der Waals surface area contributed by atoms with Crippen LogP contribution in [0.2, 0.25) is 10.3 Å². The highest BCUT2D eigenvalue weighted by Gasteiger charge is 2.37. The molecule has 2 aliphatic rings. The van der Waals surface area contributed by atoms with Crippen molar-refractivity contribution in [3.05, 3.63) is 40.5 Å². The Morgan fingerprint density at radius 1 is 1.16 bits per heavy atom. The summed E-state index contributed by atoms with van der Waals surface area (Å²) in [6.07, 6.45) is 4.51. The molecule has 0 radical (unpaired) electrons. The zero-order valence-electron chi connectivity index (χ0n) is 17.3. The van der Waals surface area contributed by atoms with E-state index in [-0.39, 0.29) is 32.8 Å². The van der Waals surface area contributed by atoms with Gasteiger partial charge >= 0.3 is 0 Å². The van der Waals surface area contributed by atoms with E-state index < -0.39 is 21.7 Å². The van der Waals surface area contributed by atoms with Crippen molar-refractivity contribution in [3.8, 4) is 0 Å². The fourth-order valence-corrected chi connectivity index (χ4v) is 5.24. The minimum Gasteiger partial charge on any atom is -0.371 e. The molecule has 3 heterocycles. The number of hydrogen-bond donors (Lipinski definition) is 1. The summed E-state index contributed by atoms with van der Waals surface area (Å²) >= 11 is 12.0. The molecule has 2 saturated heterocycles. The van der Waals surface area contributed by atoms with Crippen LogP contribution in [0.1, 0.15) is 19.3 Å². The van der Waals surface area contributed by atoms with Crippen LogP contribution < -0.4 is 10.2 Å². The molecule has 2 aliphatic heterocycles. The summed E-state index contributed by atoms with van der Waals surface area (Å²) in [5, 5.41) is 3.42. The predicted octanol–water partition coefficient (Wildman–Crippen LogP) is 3.01. The Morgan fingerprint density at radius 3 is 2.50 bits per heavy atom. The second kappa shape index (κ2) is 8.99. The Labute approximate surface area is 195 Å². The molecule has 8 nitrogen and oxygen atoms in total. The van der Waals surface area contributed by atoms with Gasteiger partial charge in [-0.3, -0.25) is 4.79 Å². The molecule has 0 saturated carbocycles. The van der Waals surface area contributed by atoms with Crippen LogP contribution in [-0.4, -0.2) is 67.2 Å². The maximum Gasteiger partial charge on any atom is 0.245 e. The molecular weight excluding hydrogens is 480 g/mol. The normalized spacial score (nSPS) is 20.1. The van der Waals surface area contributed by atoms with Crippen LogP contribution in [-0.2, 0) is 14.6 Å². The van der Waals surface area contributed by atoms with Gasteiger partial charge in [-0.15, -0.1) is 0 Å². The molecule has 1 N–H and O–H groups in total. The predicted molar refractivity (Wildman–Crippen MR) is 121 cm³/mol. The van der Waals surface area contributed by atoms with Crippen molar-refractivity contribution in [2.45, 2.75) is 36.2 Å². The largest absolute Gasteiger partial charge is 0.371 e. The van der Waals surface area contributed by atoms with E-state index in [2.05, 4.69) is 15.3 Å². The fourth-order valence-electron chi connectivity index (χ4n) is 4.17. The van der Waals surface area contributed by atoms with Crippen LogP contribution in [0.3, 0.4) is 0 Å². The van der Waals surface area contributed by atoms with Gasteiger partial charge in [-0.05, 0) is 37.5 Å². The summed E-state index contributed by atoms with van der Waals surface area (Å²) in [6, 6.07) is 3.18. The van der Waals surface area contributed by atoms with E-state index in [0.29, 0.717) is 31.9 Å². The van der Waals surface area contributed by atoms with E-state index in [4.69, 9.17) is 23.2 Å². The molecule has 1 aromatic carbocycles. The number of rotatable bonds is 5. The van der Waals surface area contributed by atoms with Gasteiger partial charge in [0.05, 0.1) is 16.8 Å². The Bertz CT molecular complexity index is 1140. The zero-order chi connectivity index (χ0) is 23.0. The van der Waals surface area contributed by atoms with Crippen LogP contribution >= 0.6 is 23.2 Å². The summed E-state index contributed by atoms with van der Waals surface area (Å²) in [4.78, 5) is 25.0. The minimum absolute atomic E-state index is 0.0713. The van der Waals surface area contributed by atoms with Gasteiger partial charge in [-0.25, -0.2) is 22.8 Å². The third kappa shape index (κ3) is 4.77. The summed E-state index contributed by atoms with van der Waals surface area (Å²) < 4.78 is 37.6. The van der Waals surface area contributed by atoms with E-state index in [9.17, 15) is 17.6 Å². The Kier molecular flexibility index (Phi) is 6.46. The smallest absolute Gasteiger partial charge is 0.245 e. The van der Waals surface area contributed by atoms with Crippen molar-refractivity contribution in [1.29, 1.82) is 0 Å². The van der Waals surface area contributed by atoms with E-state index in [1.54, 1.807) is 0 Å². The topological polar surface area (TPSA) is 95.5 Å². The van der Waals surface area contributed by atoms with Gasteiger partial charge in [0.1, 0.15) is 17.0 Å². The number of halogens is 3. The number of benzene rings is 1. The number of carbonyl (C=O) groups excluding carboxylic acids is 1.